The van der Waals surface area contributed by atoms with Crippen LogP contribution >= 0.6 is 0 Å². The lowest BCUT2D eigenvalue weighted by Crippen LogP contribution is -2.44. The van der Waals surface area contributed by atoms with Crippen molar-refractivity contribution in [3.8, 4) is 0 Å². The summed E-state index contributed by atoms with van der Waals surface area (Å²) < 4.78 is 0. The normalized spacial score (nSPS) is 13.7. The van der Waals surface area contributed by atoms with Gasteiger partial charge in [0.2, 0.25) is 0 Å². The van der Waals surface area contributed by atoms with Gasteiger partial charge >= 0.3 is 12.0 Å². The van der Waals surface area contributed by atoms with Crippen LogP contribution in [0.15, 0.2) is 12.7 Å². The fourth-order valence-corrected chi connectivity index (χ4v) is 1.11. The molecule has 0 aromatic heterocycles. The number of aliphatic carboxylic acids is 1. The number of rotatable bonds is 6. The van der Waals surface area contributed by atoms with Gasteiger partial charge < -0.3 is 15.7 Å². The minimum Gasteiger partial charge on any atom is -0.481 e. The summed E-state index contributed by atoms with van der Waals surface area (Å²) in [5.41, 5.74) is 0. The third-order valence-corrected chi connectivity index (χ3v) is 1.76. The van der Waals surface area contributed by atoms with E-state index in [0.29, 0.717) is 6.42 Å². The van der Waals surface area contributed by atoms with Gasteiger partial charge in [-0.25, -0.2) is 4.79 Å². The number of carboxylic acids is 1. The zero-order chi connectivity index (χ0) is 11.8. The first kappa shape index (κ1) is 13.5. The van der Waals surface area contributed by atoms with Crippen molar-refractivity contribution < 1.29 is 14.7 Å². The van der Waals surface area contributed by atoms with E-state index in [1.54, 1.807) is 13.0 Å². The molecule has 0 aliphatic heterocycles. The Kier molecular flexibility index (Phi) is 6.17. The van der Waals surface area contributed by atoms with E-state index >= 15 is 0 Å². The van der Waals surface area contributed by atoms with Crippen molar-refractivity contribution in [2.75, 3.05) is 0 Å². The van der Waals surface area contributed by atoms with Crippen molar-refractivity contribution in [1.82, 2.24) is 10.6 Å². The Labute approximate surface area is 89.6 Å². The second-order valence-electron chi connectivity index (χ2n) is 3.54. The molecule has 0 saturated carbocycles. The first-order chi connectivity index (χ1) is 6.95. The van der Waals surface area contributed by atoms with Crippen LogP contribution in [-0.4, -0.2) is 29.2 Å². The second kappa shape index (κ2) is 6.86. The SMILES string of the molecule is C=CCC(C)NC(=O)NC(C)CC(=O)O. The molecule has 0 saturated heterocycles. The molecule has 0 heterocycles. The van der Waals surface area contributed by atoms with E-state index in [2.05, 4.69) is 17.2 Å². The molecule has 0 fully saturated rings. The zero-order valence-electron chi connectivity index (χ0n) is 9.12. The van der Waals surface area contributed by atoms with E-state index in [1.165, 1.54) is 0 Å². The molecule has 86 valence electrons. The maximum absolute atomic E-state index is 11.3. The zero-order valence-corrected chi connectivity index (χ0v) is 9.12. The summed E-state index contributed by atoms with van der Waals surface area (Å²) in [6.45, 7) is 7.05. The molecule has 5 nitrogen and oxygen atoms in total. The molecule has 0 radical (unpaired) electrons. The number of carbonyl (C=O) groups is 2. The lowest BCUT2D eigenvalue weighted by atomic mass is 10.2. The van der Waals surface area contributed by atoms with Gasteiger partial charge in [-0.2, -0.15) is 0 Å². The van der Waals surface area contributed by atoms with Crippen LogP contribution in [0.4, 0.5) is 4.79 Å². The van der Waals surface area contributed by atoms with Gasteiger partial charge in [-0.15, -0.1) is 6.58 Å². The lowest BCUT2D eigenvalue weighted by Gasteiger charge is -2.16. The number of hydrogen-bond acceptors (Lipinski definition) is 2. The summed E-state index contributed by atoms with van der Waals surface area (Å²) in [5, 5.41) is 13.7. The Morgan fingerprint density at radius 3 is 2.33 bits per heavy atom. The molecule has 15 heavy (non-hydrogen) atoms. The fraction of sp³-hybridized carbons (Fsp3) is 0.600. The maximum Gasteiger partial charge on any atom is 0.315 e. The molecule has 0 aromatic carbocycles. The van der Waals surface area contributed by atoms with Gasteiger partial charge in [0, 0.05) is 12.1 Å². The monoisotopic (exact) mass is 214 g/mol. The number of amides is 2. The predicted octanol–water partition coefficient (Wildman–Crippen LogP) is 1.11. The van der Waals surface area contributed by atoms with Gasteiger partial charge in [0.15, 0.2) is 0 Å². The van der Waals surface area contributed by atoms with E-state index < -0.39 is 5.97 Å². The third-order valence-electron chi connectivity index (χ3n) is 1.76. The molecule has 2 amide bonds. The largest absolute Gasteiger partial charge is 0.481 e. The molecule has 3 N–H and O–H groups in total. The summed E-state index contributed by atoms with van der Waals surface area (Å²) in [6, 6.07) is -0.726. The van der Waals surface area contributed by atoms with E-state index in [1.807, 2.05) is 6.92 Å². The molecule has 0 bridgehead atoms. The Balaban J connectivity index is 3.82. The van der Waals surface area contributed by atoms with Crippen LogP contribution < -0.4 is 10.6 Å². The van der Waals surface area contributed by atoms with Crippen molar-refractivity contribution in [2.24, 2.45) is 0 Å². The molecule has 0 aliphatic rings. The van der Waals surface area contributed by atoms with Crippen LogP contribution in [0.5, 0.6) is 0 Å². The van der Waals surface area contributed by atoms with Gasteiger partial charge in [-0.3, -0.25) is 4.79 Å². The molecule has 0 spiro atoms. The minimum atomic E-state index is -0.929. The quantitative estimate of drug-likeness (QED) is 0.579. The first-order valence-corrected chi connectivity index (χ1v) is 4.85. The summed E-state index contributed by atoms with van der Waals surface area (Å²) >= 11 is 0. The van der Waals surface area contributed by atoms with E-state index in [9.17, 15) is 9.59 Å². The van der Waals surface area contributed by atoms with Gasteiger partial charge in [0.1, 0.15) is 0 Å². The molecule has 2 atom stereocenters. The van der Waals surface area contributed by atoms with Crippen LogP contribution in [0, 0.1) is 0 Å². The standard InChI is InChI=1S/C10H18N2O3/c1-4-5-7(2)11-10(15)12-8(3)6-9(13)14/h4,7-8H,1,5-6H2,2-3H3,(H,13,14)(H2,11,12,15). The molecular weight excluding hydrogens is 196 g/mol. The topological polar surface area (TPSA) is 78.4 Å². The maximum atomic E-state index is 11.3. The highest BCUT2D eigenvalue weighted by Crippen LogP contribution is 1.93. The third kappa shape index (κ3) is 7.54. The van der Waals surface area contributed by atoms with Crippen LogP contribution in [0.3, 0.4) is 0 Å². The van der Waals surface area contributed by atoms with Crippen molar-refractivity contribution >= 4 is 12.0 Å². The van der Waals surface area contributed by atoms with Crippen LogP contribution in [0.2, 0.25) is 0 Å². The summed E-state index contributed by atoms with van der Waals surface area (Å²) in [6.07, 6.45) is 2.32. The van der Waals surface area contributed by atoms with E-state index in [4.69, 9.17) is 5.11 Å². The van der Waals surface area contributed by atoms with Crippen molar-refractivity contribution in [1.29, 1.82) is 0 Å². The molecule has 0 rings (SSSR count). The first-order valence-electron chi connectivity index (χ1n) is 4.85. The highest BCUT2D eigenvalue weighted by molar-refractivity contribution is 5.75. The average Bonchev–Trinajstić information content (AvgIpc) is 2.00. The molecule has 0 aliphatic carbocycles. The predicted molar refractivity (Wildman–Crippen MR) is 57.7 cm³/mol. The number of urea groups is 1. The molecule has 5 heteroatoms. The number of carbonyl (C=O) groups excluding carboxylic acids is 1. The Hall–Kier alpha value is -1.52. The van der Waals surface area contributed by atoms with Crippen molar-refractivity contribution in [3.05, 3.63) is 12.7 Å². The van der Waals surface area contributed by atoms with Crippen molar-refractivity contribution in [2.45, 2.75) is 38.8 Å². The van der Waals surface area contributed by atoms with Gasteiger partial charge in [-0.05, 0) is 20.3 Å². The van der Waals surface area contributed by atoms with Crippen LogP contribution in [0.25, 0.3) is 0 Å². The number of carboxylic acid groups (broad SMARTS) is 1. The van der Waals surface area contributed by atoms with Crippen LogP contribution in [-0.2, 0) is 4.79 Å². The van der Waals surface area contributed by atoms with Gasteiger partial charge in [0.25, 0.3) is 0 Å². The van der Waals surface area contributed by atoms with Crippen LogP contribution in [0.1, 0.15) is 26.7 Å². The summed E-state index contributed by atoms with van der Waals surface area (Å²) in [4.78, 5) is 21.6. The highest BCUT2D eigenvalue weighted by Gasteiger charge is 2.11. The lowest BCUT2D eigenvalue weighted by molar-refractivity contribution is -0.137. The molecule has 0 aromatic rings. The van der Waals surface area contributed by atoms with Gasteiger partial charge in [-0.1, -0.05) is 6.08 Å². The Morgan fingerprint density at radius 2 is 1.87 bits per heavy atom. The van der Waals surface area contributed by atoms with E-state index in [0.717, 1.165) is 0 Å². The van der Waals surface area contributed by atoms with Crippen molar-refractivity contribution in [3.63, 3.8) is 0 Å². The average molecular weight is 214 g/mol. The highest BCUT2D eigenvalue weighted by atomic mass is 16.4. The Bertz CT molecular complexity index is 241. The summed E-state index contributed by atoms with van der Waals surface area (Å²) in [5.74, 6) is -0.929. The molecule has 2 unspecified atom stereocenters. The Morgan fingerprint density at radius 1 is 1.33 bits per heavy atom. The number of nitrogens with one attached hydrogen (secondary N) is 2. The number of hydrogen-bond donors (Lipinski definition) is 3. The smallest absolute Gasteiger partial charge is 0.315 e. The molecular formula is C10H18N2O3. The van der Waals surface area contributed by atoms with E-state index in [-0.39, 0.29) is 24.5 Å². The summed E-state index contributed by atoms with van der Waals surface area (Å²) in [7, 11) is 0. The second-order valence-corrected chi connectivity index (χ2v) is 3.54. The fourth-order valence-electron chi connectivity index (χ4n) is 1.11. The minimum absolute atomic E-state index is 0.000437. The van der Waals surface area contributed by atoms with Gasteiger partial charge in [0.05, 0.1) is 6.42 Å².